The molecule has 1 heterocycles. The van der Waals surface area contributed by atoms with Crippen molar-refractivity contribution in [1.29, 1.82) is 0 Å². The van der Waals surface area contributed by atoms with E-state index < -0.39 is 10.0 Å². The van der Waals surface area contributed by atoms with Gasteiger partial charge in [-0.3, -0.25) is 0 Å². The number of anilines is 1. The lowest BCUT2D eigenvalue weighted by Crippen LogP contribution is -2.36. The second-order valence-electron chi connectivity index (χ2n) is 4.63. The number of hydrogen-bond acceptors (Lipinski definition) is 4. The smallest absolute Gasteiger partial charge is 0.240 e. The molecule has 0 aliphatic carbocycles. The molecule has 1 aliphatic heterocycles. The Labute approximate surface area is 115 Å². The summed E-state index contributed by atoms with van der Waals surface area (Å²) in [4.78, 5) is 2.62. The highest BCUT2D eigenvalue weighted by molar-refractivity contribution is 7.89. The molecule has 2 rings (SSSR count). The van der Waals surface area contributed by atoms with Crippen LogP contribution in [0.4, 0.5) is 5.69 Å². The zero-order chi connectivity index (χ0) is 13.9. The zero-order valence-corrected chi connectivity index (χ0v) is 12.2. The Morgan fingerprint density at radius 3 is 2.53 bits per heavy atom. The quantitative estimate of drug-likeness (QED) is 0.838. The van der Waals surface area contributed by atoms with E-state index in [2.05, 4.69) is 21.9 Å². The Morgan fingerprint density at radius 2 is 2.05 bits per heavy atom. The monoisotopic (exact) mass is 283 g/mol. The number of rotatable bonds is 5. The van der Waals surface area contributed by atoms with Crippen LogP contribution in [0.1, 0.15) is 13.3 Å². The van der Waals surface area contributed by atoms with Crippen LogP contribution in [-0.2, 0) is 10.0 Å². The molecule has 6 heteroatoms. The molecular formula is C13H21N3O2S. The maximum atomic E-state index is 11.7. The highest BCUT2D eigenvalue weighted by Crippen LogP contribution is 2.22. The predicted molar refractivity (Wildman–Crippen MR) is 77.0 cm³/mol. The molecule has 0 radical (unpaired) electrons. The number of nitrogens with one attached hydrogen (secondary N) is 2. The van der Waals surface area contributed by atoms with E-state index in [0.717, 1.165) is 31.7 Å². The predicted octanol–water partition coefficient (Wildman–Crippen LogP) is 0.783. The SMILES string of the molecule is CCN(c1ccc(S(=O)(=O)NC)cc1)C1CCNC1. The number of benzene rings is 1. The van der Waals surface area contributed by atoms with Gasteiger partial charge < -0.3 is 10.2 Å². The van der Waals surface area contributed by atoms with Gasteiger partial charge >= 0.3 is 0 Å². The second kappa shape index (κ2) is 5.90. The van der Waals surface area contributed by atoms with Gasteiger partial charge in [-0.1, -0.05) is 0 Å². The molecule has 106 valence electrons. The first kappa shape index (κ1) is 14.3. The molecule has 1 aromatic carbocycles. The van der Waals surface area contributed by atoms with Crippen LogP contribution < -0.4 is 14.9 Å². The first-order valence-corrected chi connectivity index (χ1v) is 8.07. The summed E-state index contributed by atoms with van der Waals surface area (Å²) in [5, 5.41) is 3.35. The fraction of sp³-hybridized carbons (Fsp3) is 0.538. The van der Waals surface area contributed by atoms with Crippen molar-refractivity contribution in [3.05, 3.63) is 24.3 Å². The second-order valence-corrected chi connectivity index (χ2v) is 6.52. The minimum absolute atomic E-state index is 0.305. The topological polar surface area (TPSA) is 61.4 Å². The molecule has 0 aromatic heterocycles. The Hall–Kier alpha value is -1.11. The molecule has 1 atom stereocenters. The summed E-state index contributed by atoms with van der Waals surface area (Å²) in [6.07, 6.45) is 1.13. The third-order valence-corrected chi connectivity index (χ3v) is 4.99. The molecule has 0 bridgehead atoms. The van der Waals surface area contributed by atoms with Gasteiger partial charge in [-0.2, -0.15) is 0 Å². The highest BCUT2D eigenvalue weighted by Gasteiger charge is 2.21. The number of hydrogen-bond donors (Lipinski definition) is 2. The first-order chi connectivity index (χ1) is 9.08. The van der Waals surface area contributed by atoms with Gasteiger partial charge in [0.25, 0.3) is 0 Å². The average Bonchev–Trinajstić information content (AvgIpc) is 2.94. The highest BCUT2D eigenvalue weighted by atomic mass is 32.2. The minimum Gasteiger partial charge on any atom is -0.367 e. The van der Waals surface area contributed by atoms with Gasteiger partial charge in [-0.15, -0.1) is 0 Å². The van der Waals surface area contributed by atoms with Crippen LogP contribution in [0.5, 0.6) is 0 Å². The Morgan fingerprint density at radius 1 is 1.37 bits per heavy atom. The molecule has 1 aromatic rings. The average molecular weight is 283 g/mol. The van der Waals surface area contributed by atoms with Gasteiger partial charge in [0, 0.05) is 24.8 Å². The van der Waals surface area contributed by atoms with Crippen molar-refractivity contribution < 1.29 is 8.42 Å². The van der Waals surface area contributed by atoms with E-state index in [1.165, 1.54) is 7.05 Å². The summed E-state index contributed by atoms with van der Waals surface area (Å²) >= 11 is 0. The van der Waals surface area contributed by atoms with Crippen molar-refractivity contribution in [2.45, 2.75) is 24.3 Å². The van der Waals surface area contributed by atoms with Crippen LogP contribution in [0.15, 0.2) is 29.2 Å². The summed E-state index contributed by atoms with van der Waals surface area (Å²) in [5.41, 5.74) is 1.08. The van der Waals surface area contributed by atoms with Gasteiger partial charge in [-0.25, -0.2) is 13.1 Å². The zero-order valence-electron chi connectivity index (χ0n) is 11.4. The van der Waals surface area contributed by atoms with Crippen molar-refractivity contribution in [2.24, 2.45) is 0 Å². The van der Waals surface area contributed by atoms with Crippen LogP contribution in [0.2, 0.25) is 0 Å². The Kier molecular flexibility index (Phi) is 4.44. The molecule has 0 spiro atoms. The lowest BCUT2D eigenvalue weighted by atomic mass is 10.2. The molecule has 5 nitrogen and oxygen atoms in total. The van der Waals surface area contributed by atoms with E-state index in [4.69, 9.17) is 0 Å². The number of likely N-dealkylation sites (N-methyl/N-ethyl adjacent to an activating group) is 1. The summed E-state index contributed by atoms with van der Waals surface area (Å²) in [5.74, 6) is 0. The van der Waals surface area contributed by atoms with Gasteiger partial charge in [0.1, 0.15) is 0 Å². The van der Waals surface area contributed by atoms with E-state index in [0.29, 0.717) is 10.9 Å². The Balaban J connectivity index is 2.21. The fourth-order valence-electron chi connectivity index (χ4n) is 2.49. The van der Waals surface area contributed by atoms with E-state index in [1.807, 2.05) is 12.1 Å². The maximum Gasteiger partial charge on any atom is 0.240 e. The molecule has 1 aliphatic rings. The molecule has 0 amide bonds. The van der Waals surface area contributed by atoms with Crippen LogP contribution in [0.25, 0.3) is 0 Å². The van der Waals surface area contributed by atoms with Crippen LogP contribution in [0, 0.1) is 0 Å². The largest absolute Gasteiger partial charge is 0.367 e. The summed E-state index contributed by atoms with van der Waals surface area (Å²) in [6, 6.07) is 7.58. The summed E-state index contributed by atoms with van der Waals surface area (Å²) < 4.78 is 25.7. The van der Waals surface area contributed by atoms with E-state index >= 15 is 0 Å². The normalized spacial score (nSPS) is 19.6. The molecule has 1 fully saturated rings. The molecule has 1 unspecified atom stereocenters. The van der Waals surface area contributed by atoms with E-state index in [1.54, 1.807) is 12.1 Å². The number of nitrogens with zero attached hydrogens (tertiary/aromatic N) is 1. The van der Waals surface area contributed by atoms with Gasteiger partial charge in [0.05, 0.1) is 4.90 Å². The number of sulfonamides is 1. The van der Waals surface area contributed by atoms with Gasteiger partial charge in [0.2, 0.25) is 10.0 Å². The lowest BCUT2D eigenvalue weighted by molar-refractivity contribution is 0.588. The van der Waals surface area contributed by atoms with E-state index in [9.17, 15) is 8.42 Å². The summed E-state index contributed by atoms with van der Waals surface area (Å²) in [6.45, 7) is 5.08. The van der Waals surface area contributed by atoms with Crippen molar-refractivity contribution in [3.8, 4) is 0 Å². The van der Waals surface area contributed by atoms with Crippen molar-refractivity contribution >= 4 is 15.7 Å². The standard InChI is InChI=1S/C13H21N3O2S/c1-3-16(12-8-9-15-10-12)11-4-6-13(7-5-11)19(17,18)14-2/h4-7,12,14-15H,3,8-10H2,1-2H3. The summed E-state index contributed by atoms with van der Waals surface area (Å²) in [7, 11) is -1.92. The van der Waals surface area contributed by atoms with Gasteiger partial charge in [-0.05, 0) is 51.2 Å². The molecule has 19 heavy (non-hydrogen) atoms. The minimum atomic E-state index is -3.35. The van der Waals surface area contributed by atoms with Gasteiger partial charge in [0.15, 0.2) is 0 Å². The van der Waals surface area contributed by atoms with Crippen molar-refractivity contribution in [3.63, 3.8) is 0 Å². The lowest BCUT2D eigenvalue weighted by Gasteiger charge is -2.29. The fourth-order valence-corrected chi connectivity index (χ4v) is 3.22. The maximum absolute atomic E-state index is 11.7. The molecule has 2 N–H and O–H groups in total. The third kappa shape index (κ3) is 3.08. The first-order valence-electron chi connectivity index (χ1n) is 6.59. The van der Waals surface area contributed by atoms with E-state index in [-0.39, 0.29) is 0 Å². The van der Waals surface area contributed by atoms with Crippen LogP contribution in [-0.4, -0.2) is 41.1 Å². The molecule has 1 saturated heterocycles. The van der Waals surface area contributed by atoms with Crippen molar-refractivity contribution in [1.82, 2.24) is 10.0 Å². The Bertz CT molecular complexity index is 507. The molecule has 0 saturated carbocycles. The van der Waals surface area contributed by atoms with Crippen LogP contribution >= 0.6 is 0 Å². The van der Waals surface area contributed by atoms with Crippen LogP contribution in [0.3, 0.4) is 0 Å². The third-order valence-electron chi connectivity index (χ3n) is 3.56. The van der Waals surface area contributed by atoms with Crippen molar-refractivity contribution in [2.75, 3.05) is 31.6 Å². The molecular weight excluding hydrogens is 262 g/mol.